The van der Waals surface area contributed by atoms with E-state index in [0.29, 0.717) is 15.2 Å². The Morgan fingerprint density at radius 3 is 2.12 bits per heavy atom. The van der Waals surface area contributed by atoms with E-state index in [1.807, 2.05) is 0 Å². The Bertz CT molecular complexity index is 708. The van der Waals surface area contributed by atoms with E-state index in [2.05, 4.69) is 41.9 Å². The number of rotatable bonds is 18. The van der Waals surface area contributed by atoms with Gasteiger partial charge in [0.2, 0.25) is 11.8 Å². The first-order valence-corrected chi connectivity index (χ1v) is 14.4. The number of likely N-dealkylation sites (tertiary alicyclic amines) is 1. The van der Waals surface area contributed by atoms with Crippen molar-refractivity contribution in [1.82, 2.24) is 15.1 Å². The van der Waals surface area contributed by atoms with Gasteiger partial charge in [-0.05, 0) is 32.1 Å². The summed E-state index contributed by atoms with van der Waals surface area (Å²) in [6, 6.07) is 0. The fourth-order valence-electron chi connectivity index (χ4n) is 3.87. The van der Waals surface area contributed by atoms with Gasteiger partial charge in [0, 0.05) is 13.0 Å². The van der Waals surface area contributed by atoms with Gasteiger partial charge in [-0.25, -0.2) is 0 Å². The lowest BCUT2D eigenvalue weighted by atomic mass is 10.1. The molecule has 2 heterocycles. The first kappa shape index (κ1) is 27.4. The predicted molar refractivity (Wildman–Crippen MR) is 138 cm³/mol. The molecule has 32 heavy (non-hydrogen) atoms. The fourth-order valence-corrected chi connectivity index (χ4v) is 6.24. The second-order valence-electron chi connectivity index (χ2n) is 8.48. The normalized spacial score (nSPS) is 16.7. The van der Waals surface area contributed by atoms with E-state index in [0.717, 1.165) is 12.8 Å². The number of unbranched alkanes of at least 4 members (excludes halogenated alkanes) is 12. The van der Waals surface area contributed by atoms with Crippen LogP contribution < -0.4 is 0 Å². The molecule has 180 valence electrons. The average Bonchev–Trinajstić information content (AvgIpc) is 3.30. The Morgan fingerprint density at radius 1 is 0.938 bits per heavy atom. The van der Waals surface area contributed by atoms with Crippen LogP contribution in [0, 0.1) is 0 Å². The third-order valence-corrected chi connectivity index (χ3v) is 8.09. The van der Waals surface area contributed by atoms with Gasteiger partial charge in [0.25, 0.3) is 0 Å². The fraction of sp³-hybridized carbons (Fsp3) is 0.750. The molecule has 0 aromatic carbocycles. The van der Waals surface area contributed by atoms with Gasteiger partial charge < -0.3 is 0 Å². The van der Waals surface area contributed by atoms with Crippen LogP contribution in [0.4, 0.5) is 0 Å². The summed E-state index contributed by atoms with van der Waals surface area (Å²) in [6.45, 7) is 2.81. The van der Waals surface area contributed by atoms with Gasteiger partial charge in [0.15, 0.2) is 8.68 Å². The maximum Gasteiger partial charge on any atom is 0.243 e. The molecule has 0 bridgehead atoms. The summed E-state index contributed by atoms with van der Waals surface area (Å²) in [7, 11) is 0. The van der Waals surface area contributed by atoms with Crippen LogP contribution >= 0.6 is 35.7 Å². The van der Waals surface area contributed by atoms with Crippen LogP contribution in [0.5, 0.6) is 0 Å². The van der Waals surface area contributed by atoms with Crippen molar-refractivity contribution in [2.24, 2.45) is 0 Å². The summed E-state index contributed by atoms with van der Waals surface area (Å²) < 4.78 is 1.27. The summed E-state index contributed by atoms with van der Waals surface area (Å²) in [6.07, 6.45) is 22.5. The van der Waals surface area contributed by atoms with Crippen LogP contribution in [0.2, 0.25) is 0 Å². The zero-order valence-corrected chi connectivity index (χ0v) is 22.0. The van der Waals surface area contributed by atoms with Crippen molar-refractivity contribution in [3.8, 4) is 0 Å². The number of hydrogen-bond donors (Lipinski definition) is 1. The maximum atomic E-state index is 12.5. The first-order valence-electron chi connectivity index (χ1n) is 12.3. The number of imide groups is 1. The Kier molecular flexibility index (Phi) is 14.3. The average molecular weight is 498 g/mol. The number of allylic oxidation sites excluding steroid dienone is 2. The number of nitrogens with zero attached hydrogens (tertiary/aromatic N) is 3. The minimum atomic E-state index is -0.364. The van der Waals surface area contributed by atoms with Crippen molar-refractivity contribution in [3.05, 3.63) is 12.2 Å². The number of carbonyl (C=O) groups is 2. The third kappa shape index (κ3) is 10.8. The van der Waals surface area contributed by atoms with Crippen molar-refractivity contribution in [2.45, 2.75) is 117 Å². The molecule has 1 aromatic heterocycles. The molecule has 0 spiro atoms. The molecule has 0 radical (unpaired) electrons. The Balaban J connectivity index is 1.43. The molecule has 1 unspecified atom stereocenters. The highest BCUT2D eigenvalue weighted by molar-refractivity contribution is 8.02. The summed E-state index contributed by atoms with van der Waals surface area (Å²) >= 11 is 6.82. The van der Waals surface area contributed by atoms with Crippen LogP contribution in [0.1, 0.15) is 103 Å². The minimum Gasteiger partial charge on any atom is -0.282 e. The molecular formula is C24H39N3O2S3. The summed E-state index contributed by atoms with van der Waals surface area (Å²) in [5, 5.41) is 7.46. The monoisotopic (exact) mass is 497 g/mol. The van der Waals surface area contributed by atoms with Crippen molar-refractivity contribution in [2.75, 3.05) is 6.54 Å². The van der Waals surface area contributed by atoms with Crippen molar-refractivity contribution in [1.29, 1.82) is 0 Å². The number of aromatic nitrogens is 2. The van der Waals surface area contributed by atoms with E-state index < -0.39 is 0 Å². The largest absolute Gasteiger partial charge is 0.282 e. The second kappa shape index (κ2) is 16.7. The molecule has 1 aliphatic heterocycles. The van der Waals surface area contributed by atoms with Crippen LogP contribution in [-0.4, -0.2) is 38.7 Å². The standard InChI is InChI=1S/C24H39N3O2S3/c1-2-3-4-5-6-7-8-9-10-11-12-13-14-15-16-17-18-27-21(28)19-20(22(27)29)31-24-26-25-23(30)32-24/h9-10,20H,2-8,11-19H2,1H3,(H,25,30). The highest BCUT2D eigenvalue weighted by atomic mass is 32.2. The van der Waals surface area contributed by atoms with Gasteiger partial charge in [-0.15, -0.1) is 22.8 Å². The SMILES string of the molecule is CCCCCCCCC=CCCCCCCCCN1C(=O)CC(Sc2nnc(S)s2)C1=O. The van der Waals surface area contributed by atoms with E-state index in [-0.39, 0.29) is 23.5 Å². The van der Waals surface area contributed by atoms with Gasteiger partial charge in [-0.1, -0.05) is 100.0 Å². The summed E-state index contributed by atoms with van der Waals surface area (Å²) in [5.74, 6) is -0.139. The summed E-state index contributed by atoms with van der Waals surface area (Å²) in [4.78, 5) is 26.2. The summed E-state index contributed by atoms with van der Waals surface area (Å²) in [5.41, 5.74) is 0. The zero-order chi connectivity index (χ0) is 23.0. The molecule has 0 saturated carbocycles. The van der Waals surface area contributed by atoms with Crippen molar-refractivity contribution in [3.63, 3.8) is 0 Å². The molecule has 0 aliphatic carbocycles. The first-order chi connectivity index (χ1) is 15.6. The molecule has 1 saturated heterocycles. The lowest BCUT2D eigenvalue weighted by molar-refractivity contribution is -0.138. The topological polar surface area (TPSA) is 63.2 Å². The molecule has 8 heteroatoms. The molecule has 1 aliphatic rings. The number of thiol groups is 1. The van der Waals surface area contributed by atoms with Gasteiger partial charge in [-0.2, -0.15) is 0 Å². The van der Waals surface area contributed by atoms with E-state index in [9.17, 15) is 9.59 Å². The maximum absolute atomic E-state index is 12.5. The van der Waals surface area contributed by atoms with Crippen molar-refractivity contribution < 1.29 is 9.59 Å². The second-order valence-corrected chi connectivity index (χ2v) is 11.6. The van der Waals surface area contributed by atoms with Crippen molar-refractivity contribution >= 4 is 47.5 Å². The number of amides is 2. The lowest BCUT2D eigenvalue weighted by Crippen LogP contribution is -2.32. The Hall–Kier alpha value is -0.860. The number of thioether (sulfide) groups is 1. The van der Waals surface area contributed by atoms with E-state index >= 15 is 0 Å². The Labute approximate surface area is 207 Å². The van der Waals surface area contributed by atoms with Gasteiger partial charge in [0.05, 0.1) is 5.25 Å². The lowest BCUT2D eigenvalue weighted by Gasteiger charge is -2.14. The van der Waals surface area contributed by atoms with E-state index in [4.69, 9.17) is 0 Å². The third-order valence-electron chi connectivity index (χ3n) is 5.73. The highest BCUT2D eigenvalue weighted by Crippen LogP contribution is 2.34. The molecule has 2 rings (SSSR count). The quantitative estimate of drug-likeness (QED) is 0.102. The van der Waals surface area contributed by atoms with E-state index in [1.165, 1.54) is 105 Å². The molecule has 1 aromatic rings. The van der Waals surface area contributed by atoms with Gasteiger partial charge in [-0.3, -0.25) is 14.5 Å². The van der Waals surface area contributed by atoms with Crippen LogP contribution in [0.25, 0.3) is 0 Å². The molecule has 2 amide bonds. The number of hydrogen-bond acceptors (Lipinski definition) is 7. The molecule has 1 atom stereocenters. The van der Waals surface area contributed by atoms with Gasteiger partial charge >= 0.3 is 0 Å². The Morgan fingerprint density at radius 2 is 1.53 bits per heavy atom. The van der Waals surface area contributed by atoms with Crippen LogP contribution in [-0.2, 0) is 9.59 Å². The minimum absolute atomic E-state index is 0.0594. The van der Waals surface area contributed by atoms with Gasteiger partial charge in [0.1, 0.15) is 0 Å². The predicted octanol–water partition coefficient (Wildman–Crippen LogP) is 7.08. The molecule has 5 nitrogen and oxygen atoms in total. The molecule has 0 N–H and O–H groups in total. The van der Waals surface area contributed by atoms with Crippen LogP contribution in [0.3, 0.4) is 0 Å². The van der Waals surface area contributed by atoms with E-state index in [1.54, 1.807) is 0 Å². The number of carbonyl (C=O) groups excluding carboxylic acids is 2. The molecule has 1 fully saturated rings. The molecular weight excluding hydrogens is 458 g/mol. The zero-order valence-electron chi connectivity index (χ0n) is 19.5. The highest BCUT2D eigenvalue weighted by Gasteiger charge is 2.39. The smallest absolute Gasteiger partial charge is 0.243 e. The van der Waals surface area contributed by atoms with Crippen LogP contribution in [0.15, 0.2) is 20.8 Å².